The van der Waals surface area contributed by atoms with Gasteiger partial charge in [-0.25, -0.2) is 0 Å². The molecule has 104 valence electrons. The maximum atomic E-state index is 12.3. The van der Waals surface area contributed by atoms with Gasteiger partial charge < -0.3 is 16.4 Å². The second kappa shape index (κ2) is 6.21. The molecular weight excluding hydrogens is 274 g/mol. The molecule has 5 nitrogen and oxygen atoms in total. The van der Waals surface area contributed by atoms with Gasteiger partial charge in [0.1, 0.15) is 0 Å². The molecule has 2 amide bonds. The molecule has 1 heterocycles. The minimum atomic E-state index is -0.553. The van der Waals surface area contributed by atoms with Crippen molar-refractivity contribution in [3.05, 3.63) is 52.2 Å². The van der Waals surface area contributed by atoms with Crippen LogP contribution in [0, 0.1) is 0 Å². The number of nitrogens with zero attached hydrogens (tertiary/aromatic N) is 1. The predicted molar refractivity (Wildman–Crippen MR) is 79.1 cm³/mol. The van der Waals surface area contributed by atoms with Crippen molar-refractivity contribution in [3.63, 3.8) is 0 Å². The summed E-state index contributed by atoms with van der Waals surface area (Å²) in [5.41, 5.74) is 13.0. The Hall–Kier alpha value is -2.34. The Labute approximate surface area is 120 Å². The standard InChI is InChI=1S/C14H15N3O2S/c15-12-4-2-1-3-10(12)7-17(8-13(16)18)14(19)11-5-6-20-9-11/h1-6,9H,7-8,15H2,(H2,16,18). The highest BCUT2D eigenvalue weighted by Gasteiger charge is 2.19. The summed E-state index contributed by atoms with van der Waals surface area (Å²) in [4.78, 5) is 24.9. The number of carbonyl (C=O) groups excluding carboxylic acids is 2. The molecule has 0 saturated carbocycles. The fraction of sp³-hybridized carbons (Fsp3) is 0.143. The minimum Gasteiger partial charge on any atom is -0.398 e. The molecule has 0 radical (unpaired) electrons. The van der Waals surface area contributed by atoms with E-state index in [1.807, 2.05) is 23.6 Å². The van der Waals surface area contributed by atoms with Gasteiger partial charge in [0.05, 0.1) is 12.1 Å². The Morgan fingerprint density at radius 2 is 1.95 bits per heavy atom. The van der Waals surface area contributed by atoms with Crippen molar-refractivity contribution in [2.24, 2.45) is 5.73 Å². The first-order valence-electron chi connectivity index (χ1n) is 6.01. The molecule has 0 fully saturated rings. The molecule has 0 atom stereocenters. The summed E-state index contributed by atoms with van der Waals surface area (Å²) < 4.78 is 0. The van der Waals surface area contributed by atoms with E-state index in [-0.39, 0.29) is 19.0 Å². The summed E-state index contributed by atoms with van der Waals surface area (Å²) in [6, 6.07) is 8.95. The summed E-state index contributed by atoms with van der Waals surface area (Å²) in [5.74, 6) is -0.781. The van der Waals surface area contributed by atoms with E-state index < -0.39 is 5.91 Å². The molecule has 0 spiro atoms. The largest absolute Gasteiger partial charge is 0.398 e. The Kier molecular flexibility index (Phi) is 4.37. The lowest BCUT2D eigenvalue weighted by molar-refractivity contribution is -0.118. The summed E-state index contributed by atoms with van der Waals surface area (Å²) >= 11 is 1.43. The number of hydrogen-bond donors (Lipinski definition) is 2. The second-order valence-corrected chi connectivity index (χ2v) is 5.12. The maximum Gasteiger partial charge on any atom is 0.255 e. The van der Waals surface area contributed by atoms with Gasteiger partial charge in [0.2, 0.25) is 5.91 Å². The molecule has 20 heavy (non-hydrogen) atoms. The molecule has 0 aliphatic rings. The first-order chi connectivity index (χ1) is 9.58. The number of amides is 2. The zero-order valence-electron chi connectivity index (χ0n) is 10.8. The molecular formula is C14H15N3O2S. The van der Waals surface area contributed by atoms with Crippen molar-refractivity contribution in [1.82, 2.24) is 4.90 Å². The number of para-hydroxylation sites is 1. The van der Waals surface area contributed by atoms with E-state index in [0.29, 0.717) is 11.3 Å². The second-order valence-electron chi connectivity index (χ2n) is 4.34. The topological polar surface area (TPSA) is 89.4 Å². The van der Waals surface area contributed by atoms with Crippen LogP contribution < -0.4 is 11.5 Å². The zero-order chi connectivity index (χ0) is 14.5. The van der Waals surface area contributed by atoms with Gasteiger partial charge in [-0.2, -0.15) is 11.3 Å². The van der Waals surface area contributed by atoms with Crippen molar-refractivity contribution in [3.8, 4) is 0 Å². The van der Waals surface area contributed by atoms with Gasteiger partial charge in [-0.05, 0) is 23.1 Å². The first-order valence-corrected chi connectivity index (χ1v) is 6.95. The number of nitrogen functional groups attached to an aromatic ring is 1. The van der Waals surface area contributed by atoms with E-state index in [0.717, 1.165) is 5.56 Å². The number of nitrogens with two attached hydrogens (primary N) is 2. The van der Waals surface area contributed by atoms with E-state index in [1.165, 1.54) is 16.2 Å². The zero-order valence-corrected chi connectivity index (χ0v) is 11.6. The van der Waals surface area contributed by atoms with Gasteiger partial charge in [0.25, 0.3) is 5.91 Å². The van der Waals surface area contributed by atoms with Gasteiger partial charge in [0.15, 0.2) is 0 Å². The van der Waals surface area contributed by atoms with Gasteiger partial charge in [-0.15, -0.1) is 0 Å². The summed E-state index contributed by atoms with van der Waals surface area (Å²) in [6.45, 7) is 0.118. The van der Waals surface area contributed by atoms with Crippen LogP contribution >= 0.6 is 11.3 Å². The molecule has 6 heteroatoms. The highest BCUT2D eigenvalue weighted by molar-refractivity contribution is 7.08. The molecule has 4 N–H and O–H groups in total. The van der Waals surface area contributed by atoms with E-state index in [2.05, 4.69) is 0 Å². The third kappa shape index (κ3) is 3.36. The first kappa shape index (κ1) is 14.1. The van der Waals surface area contributed by atoms with Crippen molar-refractivity contribution < 1.29 is 9.59 Å². The maximum absolute atomic E-state index is 12.3. The van der Waals surface area contributed by atoms with E-state index in [9.17, 15) is 9.59 Å². The molecule has 1 aromatic carbocycles. The number of benzene rings is 1. The fourth-order valence-corrected chi connectivity index (χ4v) is 2.47. The quantitative estimate of drug-likeness (QED) is 0.816. The summed E-state index contributed by atoms with van der Waals surface area (Å²) in [6.07, 6.45) is 0. The van der Waals surface area contributed by atoms with Crippen molar-refractivity contribution in [2.75, 3.05) is 12.3 Å². The normalized spacial score (nSPS) is 10.2. The van der Waals surface area contributed by atoms with Gasteiger partial charge >= 0.3 is 0 Å². The van der Waals surface area contributed by atoms with Crippen LogP contribution in [0.3, 0.4) is 0 Å². The Morgan fingerprint density at radius 1 is 1.20 bits per heavy atom. The van der Waals surface area contributed by atoms with Crippen LogP contribution in [0.25, 0.3) is 0 Å². The number of rotatable bonds is 5. The third-order valence-electron chi connectivity index (χ3n) is 2.82. The molecule has 0 aliphatic heterocycles. The molecule has 0 aliphatic carbocycles. The van der Waals surface area contributed by atoms with Crippen LogP contribution in [0.15, 0.2) is 41.1 Å². The number of anilines is 1. The molecule has 1 aromatic heterocycles. The van der Waals surface area contributed by atoms with Crippen molar-refractivity contribution >= 4 is 28.8 Å². The number of thiophene rings is 1. The number of carbonyl (C=O) groups is 2. The van der Waals surface area contributed by atoms with Gasteiger partial charge in [0, 0.05) is 17.6 Å². The average molecular weight is 289 g/mol. The lowest BCUT2D eigenvalue weighted by atomic mass is 10.1. The average Bonchev–Trinajstić information content (AvgIpc) is 2.93. The van der Waals surface area contributed by atoms with Crippen molar-refractivity contribution in [1.29, 1.82) is 0 Å². The summed E-state index contributed by atoms with van der Waals surface area (Å²) in [7, 11) is 0. The van der Waals surface area contributed by atoms with Crippen LogP contribution in [0.4, 0.5) is 5.69 Å². The third-order valence-corrected chi connectivity index (χ3v) is 3.50. The Bertz CT molecular complexity index is 611. The summed E-state index contributed by atoms with van der Waals surface area (Å²) in [5, 5.41) is 3.55. The van der Waals surface area contributed by atoms with E-state index in [1.54, 1.807) is 17.5 Å². The van der Waals surface area contributed by atoms with Crippen LogP contribution in [0.2, 0.25) is 0 Å². The molecule has 2 aromatic rings. The number of primary amides is 1. The van der Waals surface area contributed by atoms with Gasteiger partial charge in [-0.1, -0.05) is 18.2 Å². The van der Waals surface area contributed by atoms with Crippen LogP contribution in [-0.4, -0.2) is 23.3 Å². The molecule has 0 saturated heterocycles. The van der Waals surface area contributed by atoms with E-state index in [4.69, 9.17) is 11.5 Å². The van der Waals surface area contributed by atoms with Crippen LogP contribution in [0.5, 0.6) is 0 Å². The van der Waals surface area contributed by atoms with Gasteiger partial charge in [-0.3, -0.25) is 9.59 Å². The predicted octanol–water partition coefficient (Wildman–Crippen LogP) is 1.46. The highest BCUT2D eigenvalue weighted by Crippen LogP contribution is 2.16. The highest BCUT2D eigenvalue weighted by atomic mass is 32.1. The van der Waals surface area contributed by atoms with E-state index >= 15 is 0 Å². The molecule has 0 unspecified atom stereocenters. The molecule has 0 bridgehead atoms. The SMILES string of the molecule is NC(=O)CN(Cc1ccccc1N)C(=O)c1ccsc1. The van der Waals surface area contributed by atoms with Crippen LogP contribution in [-0.2, 0) is 11.3 Å². The molecule has 2 rings (SSSR count). The monoisotopic (exact) mass is 289 g/mol. The Morgan fingerprint density at radius 3 is 2.55 bits per heavy atom. The lowest BCUT2D eigenvalue weighted by Gasteiger charge is -2.21. The Balaban J connectivity index is 2.22. The number of hydrogen-bond acceptors (Lipinski definition) is 4. The lowest BCUT2D eigenvalue weighted by Crippen LogP contribution is -2.38. The fourth-order valence-electron chi connectivity index (χ4n) is 1.84. The van der Waals surface area contributed by atoms with Crippen molar-refractivity contribution in [2.45, 2.75) is 6.54 Å². The smallest absolute Gasteiger partial charge is 0.255 e. The minimum absolute atomic E-state index is 0.136. The van der Waals surface area contributed by atoms with Crippen LogP contribution in [0.1, 0.15) is 15.9 Å².